The summed E-state index contributed by atoms with van der Waals surface area (Å²) in [6, 6.07) is 16.6. The lowest BCUT2D eigenvalue weighted by Gasteiger charge is -2.34. The van der Waals surface area contributed by atoms with Crippen LogP contribution in [-0.2, 0) is 6.42 Å². The molecule has 4 rings (SSSR count). The molecule has 150 valence electrons. The van der Waals surface area contributed by atoms with Crippen molar-refractivity contribution in [3.63, 3.8) is 0 Å². The minimum atomic E-state index is -0.238. The maximum absolute atomic E-state index is 13.5. The highest BCUT2D eigenvalue weighted by Crippen LogP contribution is 2.21. The van der Waals surface area contributed by atoms with Crippen LogP contribution in [0.3, 0.4) is 0 Å². The van der Waals surface area contributed by atoms with Crippen LogP contribution in [0.4, 0.5) is 14.9 Å². The molecule has 2 amide bonds. The van der Waals surface area contributed by atoms with Crippen molar-refractivity contribution < 1.29 is 9.18 Å². The van der Waals surface area contributed by atoms with Gasteiger partial charge in [-0.25, -0.2) is 9.18 Å². The summed E-state index contributed by atoms with van der Waals surface area (Å²) in [5.74, 6) is -0.238. The highest BCUT2D eigenvalue weighted by molar-refractivity contribution is 5.81. The molecule has 6 heteroatoms. The quantitative estimate of drug-likeness (QED) is 0.693. The number of hydrogen-bond acceptors (Lipinski definition) is 3. The number of halogens is 1. The van der Waals surface area contributed by atoms with E-state index in [1.807, 2.05) is 36.4 Å². The minimum Gasteiger partial charge on any atom is -0.369 e. The van der Waals surface area contributed by atoms with Crippen molar-refractivity contribution in [2.45, 2.75) is 25.3 Å². The van der Waals surface area contributed by atoms with Crippen LogP contribution in [0.2, 0.25) is 0 Å². The fourth-order valence-corrected chi connectivity index (χ4v) is 3.92. The van der Waals surface area contributed by atoms with Crippen molar-refractivity contribution in [2.75, 3.05) is 24.5 Å². The van der Waals surface area contributed by atoms with E-state index in [1.165, 1.54) is 6.07 Å². The van der Waals surface area contributed by atoms with Gasteiger partial charge in [-0.2, -0.15) is 0 Å². The van der Waals surface area contributed by atoms with Crippen molar-refractivity contribution in [1.29, 1.82) is 0 Å². The molecule has 1 aliphatic heterocycles. The van der Waals surface area contributed by atoms with E-state index in [9.17, 15) is 9.18 Å². The largest absolute Gasteiger partial charge is 0.369 e. The fourth-order valence-electron chi connectivity index (χ4n) is 3.92. The molecule has 1 aliphatic rings. The van der Waals surface area contributed by atoms with Gasteiger partial charge in [0.15, 0.2) is 0 Å². The second-order valence-corrected chi connectivity index (χ2v) is 7.41. The molecule has 0 saturated carbocycles. The lowest BCUT2D eigenvalue weighted by molar-refractivity contribution is 0.235. The third-order valence-corrected chi connectivity index (χ3v) is 5.33. The maximum Gasteiger partial charge on any atom is 0.315 e. The van der Waals surface area contributed by atoms with E-state index in [-0.39, 0.29) is 17.9 Å². The van der Waals surface area contributed by atoms with Crippen molar-refractivity contribution in [1.82, 2.24) is 15.6 Å². The molecule has 2 aromatic carbocycles. The Morgan fingerprint density at radius 3 is 2.93 bits per heavy atom. The first kappa shape index (κ1) is 19.2. The van der Waals surface area contributed by atoms with Gasteiger partial charge in [0.25, 0.3) is 0 Å². The van der Waals surface area contributed by atoms with Crippen molar-refractivity contribution in [3.05, 3.63) is 72.2 Å². The molecule has 3 aromatic rings. The first-order valence-electron chi connectivity index (χ1n) is 10.1. The zero-order chi connectivity index (χ0) is 20.1. The Balaban J connectivity index is 1.28. The monoisotopic (exact) mass is 392 g/mol. The fraction of sp³-hybridized carbons (Fsp3) is 0.304. The molecule has 29 heavy (non-hydrogen) atoms. The summed E-state index contributed by atoms with van der Waals surface area (Å²) >= 11 is 0. The molecule has 2 N–H and O–H groups in total. The Bertz CT molecular complexity index is 988. The van der Waals surface area contributed by atoms with Crippen molar-refractivity contribution in [3.8, 4) is 0 Å². The van der Waals surface area contributed by atoms with Gasteiger partial charge in [0, 0.05) is 42.9 Å². The highest BCUT2D eigenvalue weighted by atomic mass is 19.1. The maximum atomic E-state index is 13.5. The summed E-state index contributed by atoms with van der Waals surface area (Å²) in [6.45, 7) is 2.10. The smallest absolute Gasteiger partial charge is 0.315 e. The molecule has 0 bridgehead atoms. The number of aromatic nitrogens is 1. The molecular weight excluding hydrogens is 367 g/mol. The van der Waals surface area contributed by atoms with Gasteiger partial charge in [0.2, 0.25) is 0 Å². The average molecular weight is 392 g/mol. The third kappa shape index (κ3) is 4.83. The summed E-state index contributed by atoms with van der Waals surface area (Å²) in [7, 11) is 0. The zero-order valence-electron chi connectivity index (χ0n) is 16.3. The number of anilines is 1. The normalized spacial score (nSPS) is 16.6. The van der Waals surface area contributed by atoms with Crippen LogP contribution < -0.4 is 15.5 Å². The molecule has 5 nitrogen and oxygen atoms in total. The highest BCUT2D eigenvalue weighted by Gasteiger charge is 2.21. The molecule has 0 aliphatic carbocycles. The van der Waals surface area contributed by atoms with Gasteiger partial charge in [-0.15, -0.1) is 0 Å². The summed E-state index contributed by atoms with van der Waals surface area (Å²) in [5.41, 5.74) is 2.97. The number of piperidine rings is 1. The zero-order valence-corrected chi connectivity index (χ0v) is 16.3. The van der Waals surface area contributed by atoms with E-state index in [0.717, 1.165) is 48.0 Å². The van der Waals surface area contributed by atoms with Crippen LogP contribution in [0, 0.1) is 5.82 Å². The van der Waals surface area contributed by atoms with Gasteiger partial charge in [0.1, 0.15) is 5.82 Å². The van der Waals surface area contributed by atoms with Crippen LogP contribution >= 0.6 is 0 Å². The van der Waals surface area contributed by atoms with E-state index >= 15 is 0 Å². The summed E-state index contributed by atoms with van der Waals surface area (Å²) in [5, 5.41) is 7.11. The van der Waals surface area contributed by atoms with Crippen LogP contribution in [0.25, 0.3) is 10.9 Å². The van der Waals surface area contributed by atoms with Gasteiger partial charge in [-0.05, 0) is 49.1 Å². The number of para-hydroxylation sites is 1. The Labute approximate surface area is 169 Å². The number of amides is 2. The van der Waals surface area contributed by atoms with E-state index in [4.69, 9.17) is 0 Å². The molecule has 2 heterocycles. The van der Waals surface area contributed by atoms with E-state index in [1.54, 1.807) is 18.3 Å². The van der Waals surface area contributed by atoms with Gasteiger partial charge in [0.05, 0.1) is 5.52 Å². The Morgan fingerprint density at radius 2 is 2.03 bits per heavy atom. The number of carbonyl (C=O) groups is 1. The molecule has 1 unspecified atom stereocenters. The first-order valence-corrected chi connectivity index (χ1v) is 10.1. The molecule has 1 atom stereocenters. The third-order valence-electron chi connectivity index (χ3n) is 5.33. The number of urea groups is 1. The SMILES string of the molecule is O=C(NCCc1cccc2cccnc12)NC1CCCN(c2cccc(F)c2)C1. The lowest BCUT2D eigenvalue weighted by Crippen LogP contribution is -2.50. The Morgan fingerprint density at radius 1 is 1.17 bits per heavy atom. The van der Waals surface area contributed by atoms with Crippen LogP contribution in [0.15, 0.2) is 60.8 Å². The standard InChI is InChI=1S/C23H25FN4O/c24-19-8-2-10-21(15-19)28-14-4-9-20(16-28)27-23(29)26-13-11-18-6-1-5-17-7-3-12-25-22(17)18/h1-3,5-8,10,12,15,20H,4,9,11,13-14,16H2,(H2,26,27,29). The van der Waals surface area contributed by atoms with Crippen molar-refractivity contribution in [2.24, 2.45) is 0 Å². The number of hydrogen-bond donors (Lipinski definition) is 2. The van der Waals surface area contributed by atoms with Gasteiger partial charge >= 0.3 is 6.03 Å². The van der Waals surface area contributed by atoms with Gasteiger partial charge in [-0.1, -0.05) is 30.3 Å². The number of carbonyl (C=O) groups excluding carboxylic acids is 1. The molecule has 0 spiro atoms. The van der Waals surface area contributed by atoms with E-state index in [2.05, 4.69) is 20.5 Å². The first-order chi connectivity index (χ1) is 14.2. The van der Waals surface area contributed by atoms with E-state index < -0.39 is 0 Å². The second kappa shape index (κ2) is 8.90. The van der Waals surface area contributed by atoms with Crippen molar-refractivity contribution >= 4 is 22.6 Å². The predicted octanol–water partition coefficient (Wildman–Crippen LogP) is 3.88. The molecule has 0 radical (unpaired) electrons. The summed E-state index contributed by atoms with van der Waals surface area (Å²) < 4.78 is 13.5. The predicted molar refractivity (Wildman–Crippen MR) is 114 cm³/mol. The Hall–Kier alpha value is -3.15. The van der Waals surface area contributed by atoms with Gasteiger partial charge < -0.3 is 15.5 Å². The number of fused-ring (bicyclic) bond motifs is 1. The second-order valence-electron chi connectivity index (χ2n) is 7.41. The van der Waals surface area contributed by atoms with E-state index in [0.29, 0.717) is 13.1 Å². The number of rotatable bonds is 5. The molecule has 1 aromatic heterocycles. The lowest BCUT2D eigenvalue weighted by atomic mass is 10.0. The molecule has 1 saturated heterocycles. The van der Waals surface area contributed by atoms with Crippen LogP contribution in [0.1, 0.15) is 18.4 Å². The molecular formula is C23H25FN4O. The Kier molecular flexibility index (Phi) is 5.89. The summed E-state index contributed by atoms with van der Waals surface area (Å²) in [4.78, 5) is 18.9. The topological polar surface area (TPSA) is 57.3 Å². The summed E-state index contributed by atoms with van der Waals surface area (Å²) in [6.07, 6.45) is 4.40. The average Bonchev–Trinajstić information content (AvgIpc) is 2.74. The van der Waals surface area contributed by atoms with Gasteiger partial charge in [-0.3, -0.25) is 4.98 Å². The minimum absolute atomic E-state index is 0.0474. The molecule has 1 fully saturated rings. The number of benzene rings is 2. The van der Waals surface area contributed by atoms with Crippen LogP contribution in [-0.4, -0.2) is 36.7 Å². The van der Waals surface area contributed by atoms with Crippen LogP contribution in [0.5, 0.6) is 0 Å². The number of nitrogens with zero attached hydrogens (tertiary/aromatic N) is 2. The number of pyridine rings is 1. The number of nitrogens with one attached hydrogen (secondary N) is 2.